The molecule has 0 bridgehead atoms. The normalized spacial score (nSPS) is 12.1. The molecule has 3 aromatic rings. The van der Waals surface area contributed by atoms with Gasteiger partial charge >= 0.3 is 0 Å². The first kappa shape index (κ1) is 27.7. The second-order valence-corrected chi connectivity index (χ2v) is 10.6. The largest absolute Gasteiger partial charge is 0.342 e. The van der Waals surface area contributed by atoms with Gasteiger partial charge in [0.15, 0.2) is 11.0 Å². The second kappa shape index (κ2) is 12.9. The van der Waals surface area contributed by atoms with E-state index in [0.29, 0.717) is 46.4 Å². The highest BCUT2D eigenvalue weighted by molar-refractivity contribution is 7.99. The molecule has 7 nitrogen and oxygen atoms in total. The topological polar surface area (TPSA) is 88.9 Å². The number of thioether (sulfide) groups is 1. The predicted octanol–water partition coefficient (Wildman–Crippen LogP) is 6.32. The Hall–Kier alpha value is -2.84. The Bertz CT molecular complexity index is 1190. The lowest BCUT2D eigenvalue weighted by Gasteiger charge is -2.21. The minimum Gasteiger partial charge on any atom is -0.342 e. The van der Waals surface area contributed by atoms with Crippen LogP contribution in [0.2, 0.25) is 5.02 Å². The monoisotopic (exact) mass is 527 g/mol. The van der Waals surface area contributed by atoms with Gasteiger partial charge in [0.2, 0.25) is 5.91 Å². The van der Waals surface area contributed by atoms with E-state index in [-0.39, 0.29) is 23.6 Å². The quantitative estimate of drug-likeness (QED) is 0.285. The van der Waals surface area contributed by atoms with Crippen molar-refractivity contribution >= 4 is 40.9 Å². The van der Waals surface area contributed by atoms with Crippen LogP contribution in [-0.4, -0.2) is 32.3 Å². The fourth-order valence-electron chi connectivity index (χ4n) is 3.97. The van der Waals surface area contributed by atoms with Crippen molar-refractivity contribution in [3.05, 3.63) is 70.5 Å². The number of para-hydroxylation sites is 1. The van der Waals surface area contributed by atoms with Crippen molar-refractivity contribution in [1.29, 1.82) is 0 Å². The van der Waals surface area contributed by atoms with E-state index < -0.39 is 0 Å². The lowest BCUT2D eigenvalue weighted by molar-refractivity contribution is -0.113. The summed E-state index contributed by atoms with van der Waals surface area (Å²) in [6.07, 6.45) is 0.686. The number of nitrogens with zero attached hydrogens (tertiary/aromatic N) is 3. The molecule has 2 aromatic carbocycles. The van der Waals surface area contributed by atoms with Crippen molar-refractivity contribution in [2.75, 3.05) is 11.1 Å². The Morgan fingerprint density at radius 1 is 1.03 bits per heavy atom. The number of benzene rings is 2. The van der Waals surface area contributed by atoms with Gasteiger partial charge in [0.1, 0.15) is 0 Å². The third-order valence-electron chi connectivity index (χ3n) is 5.69. The number of halogens is 1. The number of anilines is 1. The Labute approximate surface area is 222 Å². The molecule has 0 fully saturated rings. The summed E-state index contributed by atoms with van der Waals surface area (Å²) in [7, 11) is 0. The van der Waals surface area contributed by atoms with E-state index in [2.05, 4.69) is 48.5 Å². The maximum atomic E-state index is 13.0. The van der Waals surface area contributed by atoms with Crippen LogP contribution in [0.5, 0.6) is 0 Å². The van der Waals surface area contributed by atoms with E-state index in [1.54, 1.807) is 24.3 Å². The number of hydrogen-bond donors (Lipinski definition) is 2. The summed E-state index contributed by atoms with van der Waals surface area (Å²) in [5.41, 5.74) is 2.35. The molecular formula is C27H34ClN5O2S. The molecule has 0 saturated heterocycles. The van der Waals surface area contributed by atoms with Gasteiger partial charge in [-0.25, -0.2) is 0 Å². The van der Waals surface area contributed by atoms with Gasteiger partial charge in [-0.05, 0) is 48.9 Å². The number of hydrogen-bond acceptors (Lipinski definition) is 5. The van der Waals surface area contributed by atoms with Crippen molar-refractivity contribution in [3.63, 3.8) is 0 Å². The third kappa shape index (κ3) is 7.11. The lowest BCUT2D eigenvalue weighted by atomic mass is 10.0. The molecule has 0 spiro atoms. The van der Waals surface area contributed by atoms with Crippen LogP contribution in [0.4, 0.5) is 5.69 Å². The maximum Gasteiger partial charge on any atom is 0.253 e. The average Bonchev–Trinajstić information content (AvgIpc) is 3.25. The summed E-state index contributed by atoms with van der Waals surface area (Å²) >= 11 is 7.57. The fourth-order valence-corrected chi connectivity index (χ4v) is 5.01. The summed E-state index contributed by atoms with van der Waals surface area (Å²) in [6.45, 7) is 11.0. The Kier molecular flexibility index (Phi) is 9.96. The van der Waals surface area contributed by atoms with E-state index in [0.717, 1.165) is 11.3 Å². The molecule has 0 unspecified atom stereocenters. The van der Waals surface area contributed by atoms with Crippen molar-refractivity contribution in [2.45, 2.75) is 64.7 Å². The summed E-state index contributed by atoms with van der Waals surface area (Å²) in [6, 6.07) is 14.5. The van der Waals surface area contributed by atoms with E-state index in [1.165, 1.54) is 11.8 Å². The lowest BCUT2D eigenvalue weighted by Crippen LogP contribution is -2.31. The van der Waals surface area contributed by atoms with Crippen LogP contribution >= 0.6 is 23.4 Å². The third-order valence-corrected chi connectivity index (χ3v) is 6.99. The van der Waals surface area contributed by atoms with E-state index >= 15 is 0 Å². The van der Waals surface area contributed by atoms with Gasteiger partial charge in [-0.3, -0.25) is 9.59 Å². The Balaban J connectivity index is 1.74. The SMILES string of the molecule is CCn1c(SCC(=O)Nc2ccccc2C(C)C)nnc1[C@@H](CC(C)C)NC(=O)c1ccccc1Cl. The molecule has 36 heavy (non-hydrogen) atoms. The Morgan fingerprint density at radius 3 is 2.39 bits per heavy atom. The zero-order chi connectivity index (χ0) is 26.2. The number of nitrogens with one attached hydrogen (secondary N) is 2. The highest BCUT2D eigenvalue weighted by Crippen LogP contribution is 2.27. The number of carbonyl (C=O) groups excluding carboxylic acids is 2. The van der Waals surface area contributed by atoms with Gasteiger partial charge in [0, 0.05) is 12.2 Å². The summed E-state index contributed by atoms with van der Waals surface area (Å²) in [5.74, 6) is 1.12. The fraction of sp³-hybridized carbons (Fsp3) is 0.407. The van der Waals surface area contributed by atoms with Gasteiger partial charge in [-0.2, -0.15) is 0 Å². The standard InChI is InChI=1S/C27H34ClN5O2S/c1-6-33-25(23(15-17(2)3)30-26(35)20-12-7-9-13-21(20)28)31-32-27(33)36-16-24(34)29-22-14-10-8-11-19(22)18(4)5/h7-14,17-18,23H,6,15-16H2,1-5H3,(H,29,34)(H,30,35)/t23-/m1/s1. The van der Waals surface area contributed by atoms with Crippen molar-refractivity contribution < 1.29 is 9.59 Å². The molecule has 0 aliphatic rings. The van der Waals surface area contributed by atoms with Crippen LogP contribution in [0, 0.1) is 5.92 Å². The van der Waals surface area contributed by atoms with Gasteiger partial charge in [-0.15, -0.1) is 10.2 Å². The smallest absolute Gasteiger partial charge is 0.253 e. The van der Waals surface area contributed by atoms with Crippen LogP contribution in [0.1, 0.15) is 74.7 Å². The van der Waals surface area contributed by atoms with Crippen molar-refractivity contribution in [3.8, 4) is 0 Å². The molecule has 1 atom stereocenters. The minimum atomic E-state index is -0.345. The molecule has 3 rings (SSSR count). The molecule has 2 N–H and O–H groups in total. The van der Waals surface area contributed by atoms with Crippen molar-refractivity contribution in [1.82, 2.24) is 20.1 Å². The molecule has 1 heterocycles. The Morgan fingerprint density at radius 2 is 1.72 bits per heavy atom. The van der Waals surface area contributed by atoms with Crippen molar-refractivity contribution in [2.24, 2.45) is 5.92 Å². The predicted molar refractivity (Wildman–Crippen MR) is 147 cm³/mol. The summed E-state index contributed by atoms with van der Waals surface area (Å²) in [5, 5.41) is 15.9. The zero-order valence-electron chi connectivity index (χ0n) is 21.4. The molecule has 0 radical (unpaired) electrons. The second-order valence-electron chi connectivity index (χ2n) is 9.30. The summed E-state index contributed by atoms with van der Waals surface area (Å²) < 4.78 is 1.96. The first-order chi connectivity index (χ1) is 17.2. The van der Waals surface area contributed by atoms with Gasteiger partial charge in [0.25, 0.3) is 5.91 Å². The molecule has 0 aliphatic carbocycles. The van der Waals surface area contributed by atoms with E-state index in [1.807, 2.05) is 35.8 Å². The first-order valence-corrected chi connectivity index (χ1v) is 13.6. The highest BCUT2D eigenvalue weighted by atomic mass is 35.5. The molecule has 2 amide bonds. The molecule has 9 heteroatoms. The van der Waals surface area contributed by atoms with E-state index in [9.17, 15) is 9.59 Å². The first-order valence-electron chi connectivity index (χ1n) is 12.2. The molecule has 0 aliphatic heterocycles. The number of amides is 2. The minimum absolute atomic E-state index is 0.106. The van der Waals surface area contributed by atoms with Gasteiger partial charge < -0.3 is 15.2 Å². The molecular weight excluding hydrogens is 494 g/mol. The molecule has 0 saturated carbocycles. The van der Waals surface area contributed by atoms with Crippen LogP contribution < -0.4 is 10.6 Å². The maximum absolute atomic E-state index is 13.0. The highest BCUT2D eigenvalue weighted by Gasteiger charge is 2.25. The van der Waals surface area contributed by atoms with Gasteiger partial charge in [0.05, 0.1) is 22.4 Å². The van der Waals surface area contributed by atoms with Crippen LogP contribution in [0.3, 0.4) is 0 Å². The number of carbonyl (C=O) groups is 2. The summed E-state index contributed by atoms with van der Waals surface area (Å²) in [4.78, 5) is 25.7. The van der Waals surface area contributed by atoms with Gasteiger partial charge in [-0.1, -0.05) is 81.4 Å². The molecule has 192 valence electrons. The van der Waals surface area contributed by atoms with Crippen LogP contribution in [-0.2, 0) is 11.3 Å². The number of rotatable bonds is 11. The van der Waals surface area contributed by atoms with E-state index in [4.69, 9.17) is 11.6 Å². The van der Waals surface area contributed by atoms with Crippen LogP contribution in [0.25, 0.3) is 0 Å². The number of aromatic nitrogens is 3. The van der Waals surface area contributed by atoms with Crippen LogP contribution in [0.15, 0.2) is 53.7 Å². The zero-order valence-corrected chi connectivity index (χ0v) is 23.0. The average molecular weight is 528 g/mol. The molecule has 1 aromatic heterocycles.